The topological polar surface area (TPSA) is 9.23 Å². The SMILES string of the molecule is C[C]1CCCC(C)(C)O1. The van der Waals surface area contributed by atoms with Crippen molar-refractivity contribution in [3.05, 3.63) is 6.10 Å². The van der Waals surface area contributed by atoms with Crippen LogP contribution in [0.3, 0.4) is 0 Å². The molecule has 0 amide bonds. The second kappa shape index (κ2) is 2.30. The van der Waals surface area contributed by atoms with Crippen molar-refractivity contribution in [3.8, 4) is 0 Å². The fourth-order valence-electron chi connectivity index (χ4n) is 1.34. The zero-order valence-corrected chi connectivity index (χ0v) is 6.53. The third-order valence-electron chi connectivity index (χ3n) is 1.76. The molecule has 1 nitrogen and oxygen atoms in total. The molecular weight excluding hydrogens is 112 g/mol. The van der Waals surface area contributed by atoms with E-state index in [0.717, 1.165) is 6.42 Å². The van der Waals surface area contributed by atoms with Gasteiger partial charge in [0.1, 0.15) is 0 Å². The van der Waals surface area contributed by atoms with Crippen LogP contribution in [-0.4, -0.2) is 5.60 Å². The summed E-state index contributed by atoms with van der Waals surface area (Å²) in [6, 6.07) is 0. The standard InChI is InChI=1S/C8H15O/c1-7-5-4-6-8(2,3)9-7/h4-6H2,1-3H3. The second-order valence-electron chi connectivity index (χ2n) is 3.42. The van der Waals surface area contributed by atoms with Crippen LogP contribution in [0.4, 0.5) is 0 Å². The van der Waals surface area contributed by atoms with Gasteiger partial charge in [-0.1, -0.05) is 0 Å². The molecule has 1 heterocycles. The zero-order chi connectivity index (χ0) is 6.91. The van der Waals surface area contributed by atoms with Crippen molar-refractivity contribution in [1.29, 1.82) is 0 Å². The molecular formula is C8H15O. The molecule has 0 aromatic carbocycles. The number of ether oxygens (including phenoxy) is 1. The van der Waals surface area contributed by atoms with Crippen LogP contribution in [0.1, 0.15) is 40.0 Å². The highest BCUT2D eigenvalue weighted by Crippen LogP contribution is 2.30. The van der Waals surface area contributed by atoms with E-state index in [9.17, 15) is 0 Å². The van der Waals surface area contributed by atoms with Crippen molar-refractivity contribution in [2.75, 3.05) is 0 Å². The second-order valence-corrected chi connectivity index (χ2v) is 3.42. The van der Waals surface area contributed by atoms with Gasteiger partial charge in [0.2, 0.25) is 0 Å². The summed E-state index contributed by atoms with van der Waals surface area (Å²) >= 11 is 0. The van der Waals surface area contributed by atoms with Crippen LogP contribution >= 0.6 is 0 Å². The summed E-state index contributed by atoms with van der Waals surface area (Å²) in [5.41, 5.74) is 0.113. The lowest BCUT2D eigenvalue weighted by atomic mass is 9.96. The largest absolute Gasteiger partial charge is 0.366 e. The van der Waals surface area contributed by atoms with Crippen LogP contribution in [0.15, 0.2) is 0 Å². The molecule has 0 spiro atoms. The predicted octanol–water partition coefficient (Wildman–Crippen LogP) is 2.52. The first-order valence-corrected chi connectivity index (χ1v) is 3.62. The Morgan fingerprint density at radius 1 is 1.44 bits per heavy atom. The molecule has 1 heteroatoms. The molecule has 0 aromatic heterocycles. The van der Waals surface area contributed by atoms with E-state index >= 15 is 0 Å². The van der Waals surface area contributed by atoms with Gasteiger partial charge < -0.3 is 4.74 Å². The fourth-order valence-corrected chi connectivity index (χ4v) is 1.34. The molecule has 1 radical (unpaired) electrons. The van der Waals surface area contributed by atoms with E-state index in [0.29, 0.717) is 0 Å². The van der Waals surface area contributed by atoms with E-state index in [1.165, 1.54) is 18.9 Å². The molecule has 0 aromatic rings. The van der Waals surface area contributed by atoms with Gasteiger partial charge in [-0.05, 0) is 40.0 Å². The Bertz CT molecular complexity index is 96.7. The van der Waals surface area contributed by atoms with Crippen molar-refractivity contribution in [2.24, 2.45) is 0 Å². The van der Waals surface area contributed by atoms with Gasteiger partial charge >= 0.3 is 0 Å². The molecule has 0 N–H and O–H groups in total. The first-order valence-electron chi connectivity index (χ1n) is 3.62. The summed E-state index contributed by atoms with van der Waals surface area (Å²) in [4.78, 5) is 0. The van der Waals surface area contributed by atoms with E-state index < -0.39 is 0 Å². The summed E-state index contributed by atoms with van der Waals surface area (Å²) in [6.07, 6.45) is 4.85. The highest BCUT2D eigenvalue weighted by Gasteiger charge is 2.26. The molecule has 1 saturated heterocycles. The molecule has 0 bridgehead atoms. The highest BCUT2D eigenvalue weighted by atomic mass is 16.5. The van der Waals surface area contributed by atoms with E-state index in [1.54, 1.807) is 0 Å². The molecule has 0 atom stereocenters. The molecule has 0 aliphatic carbocycles. The van der Waals surface area contributed by atoms with Crippen LogP contribution in [0.5, 0.6) is 0 Å². The van der Waals surface area contributed by atoms with Crippen molar-refractivity contribution in [3.63, 3.8) is 0 Å². The third kappa shape index (κ3) is 1.98. The van der Waals surface area contributed by atoms with Crippen molar-refractivity contribution >= 4 is 0 Å². The Hall–Kier alpha value is -0.0400. The lowest BCUT2D eigenvalue weighted by molar-refractivity contribution is -0.0416. The first kappa shape index (κ1) is 7.07. The number of rotatable bonds is 0. The lowest BCUT2D eigenvalue weighted by Crippen LogP contribution is -2.29. The summed E-state index contributed by atoms with van der Waals surface area (Å²) < 4.78 is 5.59. The average Bonchev–Trinajstić information content (AvgIpc) is 1.60. The minimum atomic E-state index is 0.113. The van der Waals surface area contributed by atoms with Crippen LogP contribution in [0.25, 0.3) is 0 Å². The van der Waals surface area contributed by atoms with Crippen molar-refractivity contribution in [2.45, 2.75) is 45.6 Å². The van der Waals surface area contributed by atoms with E-state index in [2.05, 4.69) is 20.8 Å². The van der Waals surface area contributed by atoms with Gasteiger partial charge in [-0.2, -0.15) is 0 Å². The Morgan fingerprint density at radius 3 is 2.44 bits per heavy atom. The smallest absolute Gasteiger partial charge is 0.0947 e. The Labute approximate surface area is 57.4 Å². The van der Waals surface area contributed by atoms with Gasteiger partial charge in [0.25, 0.3) is 0 Å². The molecule has 0 unspecified atom stereocenters. The predicted molar refractivity (Wildman–Crippen MR) is 37.9 cm³/mol. The molecule has 53 valence electrons. The van der Waals surface area contributed by atoms with Gasteiger partial charge in [0, 0.05) is 0 Å². The lowest BCUT2D eigenvalue weighted by Gasteiger charge is -2.33. The molecule has 1 aliphatic rings. The Balaban J connectivity index is 2.41. The summed E-state index contributed by atoms with van der Waals surface area (Å²) in [5.74, 6) is 0. The Morgan fingerprint density at radius 2 is 2.11 bits per heavy atom. The van der Waals surface area contributed by atoms with Crippen molar-refractivity contribution < 1.29 is 4.74 Å². The normalized spacial score (nSPS) is 28.3. The molecule has 1 aliphatic heterocycles. The van der Waals surface area contributed by atoms with Gasteiger partial charge in [-0.15, -0.1) is 0 Å². The van der Waals surface area contributed by atoms with Crippen molar-refractivity contribution in [1.82, 2.24) is 0 Å². The Kier molecular flexibility index (Phi) is 1.80. The first-order chi connectivity index (χ1) is 4.10. The quantitative estimate of drug-likeness (QED) is 0.486. The van der Waals surface area contributed by atoms with Crippen LogP contribution in [-0.2, 0) is 4.74 Å². The maximum Gasteiger partial charge on any atom is 0.0947 e. The molecule has 1 rings (SSSR count). The molecule has 9 heavy (non-hydrogen) atoms. The highest BCUT2D eigenvalue weighted by molar-refractivity contribution is 4.84. The molecule has 1 fully saturated rings. The maximum atomic E-state index is 5.59. The zero-order valence-electron chi connectivity index (χ0n) is 6.53. The van der Waals surface area contributed by atoms with Crippen LogP contribution < -0.4 is 0 Å². The fraction of sp³-hybridized carbons (Fsp3) is 0.875. The molecule has 0 saturated carbocycles. The van der Waals surface area contributed by atoms with Gasteiger partial charge in [-0.3, -0.25) is 0 Å². The average molecular weight is 127 g/mol. The monoisotopic (exact) mass is 127 g/mol. The summed E-state index contributed by atoms with van der Waals surface area (Å²) in [5, 5.41) is 0. The summed E-state index contributed by atoms with van der Waals surface area (Å²) in [7, 11) is 0. The third-order valence-corrected chi connectivity index (χ3v) is 1.76. The minimum Gasteiger partial charge on any atom is -0.366 e. The van der Waals surface area contributed by atoms with E-state index in [4.69, 9.17) is 4.74 Å². The van der Waals surface area contributed by atoms with E-state index in [1.807, 2.05) is 0 Å². The summed E-state index contributed by atoms with van der Waals surface area (Å²) in [6.45, 7) is 6.37. The minimum absolute atomic E-state index is 0.113. The van der Waals surface area contributed by atoms with E-state index in [-0.39, 0.29) is 5.60 Å². The number of hydrogen-bond acceptors (Lipinski definition) is 1. The van der Waals surface area contributed by atoms with Crippen LogP contribution in [0, 0.1) is 6.10 Å². The maximum absolute atomic E-state index is 5.59. The van der Waals surface area contributed by atoms with Crippen LogP contribution in [0.2, 0.25) is 0 Å². The van der Waals surface area contributed by atoms with Gasteiger partial charge in [-0.25, -0.2) is 0 Å². The van der Waals surface area contributed by atoms with Gasteiger partial charge in [0.05, 0.1) is 11.7 Å². The number of hydrogen-bond donors (Lipinski definition) is 0. The van der Waals surface area contributed by atoms with Gasteiger partial charge in [0.15, 0.2) is 0 Å².